The average Bonchev–Trinajstić information content (AvgIpc) is 3.17. The lowest BCUT2D eigenvalue weighted by molar-refractivity contribution is 0.122. The molecule has 0 saturated carbocycles. The molecule has 5 rings (SSSR count). The van der Waals surface area contributed by atoms with Gasteiger partial charge in [-0.3, -0.25) is 0 Å². The molecule has 0 aliphatic carbocycles. The Balaban J connectivity index is 1.51. The third-order valence-electron chi connectivity index (χ3n) is 4.96. The molecule has 1 N–H and O–H groups in total. The Bertz CT molecular complexity index is 1090. The molecule has 2 aromatic heterocycles. The first kappa shape index (κ1) is 16.8. The molecule has 1 saturated heterocycles. The Morgan fingerprint density at radius 2 is 1.64 bits per heavy atom. The van der Waals surface area contributed by atoms with Crippen LogP contribution in [0.25, 0.3) is 16.8 Å². The first-order chi connectivity index (χ1) is 13.9. The number of hydrogen-bond donors (Lipinski definition) is 1. The molecule has 140 valence electrons. The molecule has 3 heterocycles. The highest BCUT2D eigenvalue weighted by atomic mass is 16.5. The van der Waals surface area contributed by atoms with Crippen LogP contribution in [-0.4, -0.2) is 40.9 Å². The number of morpholine rings is 1. The van der Waals surface area contributed by atoms with Gasteiger partial charge in [-0.25, -0.2) is 4.98 Å². The monoisotopic (exact) mass is 371 g/mol. The van der Waals surface area contributed by atoms with Crippen LogP contribution in [0.4, 0.5) is 17.3 Å². The van der Waals surface area contributed by atoms with E-state index in [1.165, 1.54) is 5.56 Å². The van der Waals surface area contributed by atoms with Crippen LogP contribution in [0.15, 0.2) is 72.9 Å². The van der Waals surface area contributed by atoms with Crippen molar-refractivity contribution in [2.75, 3.05) is 36.5 Å². The van der Waals surface area contributed by atoms with Crippen molar-refractivity contribution in [2.45, 2.75) is 0 Å². The highest BCUT2D eigenvalue weighted by Crippen LogP contribution is 2.30. The highest BCUT2D eigenvalue weighted by molar-refractivity contribution is 5.80. The molecule has 1 aliphatic rings. The number of ether oxygens (including phenoxy) is 1. The zero-order valence-corrected chi connectivity index (χ0v) is 15.5. The summed E-state index contributed by atoms with van der Waals surface area (Å²) < 4.78 is 7.32. The van der Waals surface area contributed by atoms with E-state index in [0.717, 1.165) is 54.8 Å². The number of hydrogen-bond acceptors (Lipinski definition) is 5. The molecule has 2 aromatic carbocycles. The fourth-order valence-corrected chi connectivity index (χ4v) is 3.51. The molecule has 0 spiro atoms. The number of anilines is 3. The zero-order chi connectivity index (χ0) is 18.8. The first-order valence-corrected chi connectivity index (χ1v) is 9.47. The maximum Gasteiger partial charge on any atom is 0.156 e. The molecule has 6 heteroatoms. The van der Waals surface area contributed by atoms with E-state index in [1.807, 2.05) is 35.0 Å². The summed E-state index contributed by atoms with van der Waals surface area (Å²) in [7, 11) is 0. The van der Waals surface area contributed by atoms with Crippen molar-refractivity contribution in [3.05, 3.63) is 72.9 Å². The van der Waals surface area contributed by atoms with Gasteiger partial charge in [0.05, 0.1) is 19.4 Å². The summed E-state index contributed by atoms with van der Waals surface area (Å²) >= 11 is 0. The lowest BCUT2D eigenvalue weighted by Crippen LogP contribution is -2.37. The third-order valence-corrected chi connectivity index (χ3v) is 4.96. The van der Waals surface area contributed by atoms with E-state index >= 15 is 0 Å². The SMILES string of the molecule is c1ccc(-c2ccccc2Nc2cnc3ccc(N4CCOCC4)nn23)cc1. The van der Waals surface area contributed by atoms with E-state index in [9.17, 15) is 0 Å². The van der Waals surface area contributed by atoms with Crippen LogP contribution in [0, 0.1) is 0 Å². The van der Waals surface area contributed by atoms with Gasteiger partial charge >= 0.3 is 0 Å². The van der Waals surface area contributed by atoms with Crippen LogP contribution < -0.4 is 10.2 Å². The fourth-order valence-electron chi connectivity index (χ4n) is 3.51. The predicted molar refractivity (Wildman–Crippen MR) is 111 cm³/mol. The lowest BCUT2D eigenvalue weighted by Gasteiger charge is -2.27. The second-order valence-electron chi connectivity index (χ2n) is 6.74. The van der Waals surface area contributed by atoms with E-state index in [2.05, 4.69) is 57.7 Å². The van der Waals surface area contributed by atoms with Crippen LogP contribution >= 0.6 is 0 Å². The number of aromatic nitrogens is 3. The molecule has 4 aromatic rings. The Morgan fingerprint density at radius 3 is 2.50 bits per heavy atom. The molecule has 0 bridgehead atoms. The van der Waals surface area contributed by atoms with Crippen LogP contribution in [0.5, 0.6) is 0 Å². The molecule has 1 aliphatic heterocycles. The number of benzene rings is 2. The summed E-state index contributed by atoms with van der Waals surface area (Å²) in [5, 5.41) is 8.34. The number of rotatable bonds is 4. The Labute approximate surface area is 163 Å². The van der Waals surface area contributed by atoms with Gasteiger partial charge in [0.1, 0.15) is 5.82 Å². The van der Waals surface area contributed by atoms with Gasteiger partial charge in [-0.2, -0.15) is 4.52 Å². The first-order valence-electron chi connectivity index (χ1n) is 9.47. The van der Waals surface area contributed by atoms with Crippen LogP contribution in [0.2, 0.25) is 0 Å². The molecular weight excluding hydrogens is 350 g/mol. The lowest BCUT2D eigenvalue weighted by atomic mass is 10.0. The van der Waals surface area contributed by atoms with Crippen molar-refractivity contribution in [1.82, 2.24) is 14.6 Å². The van der Waals surface area contributed by atoms with Crippen LogP contribution in [0.1, 0.15) is 0 Å². The summed E-state index contributed by atoms with van der Waals surface area (Å²) in [5.41, 5.74) is 4.15. The third kappa shape index (κ3) is 3.18. The van der Waals surface area contributed by atoms with Gasteiger partial charge in [-0.1, -0.05) is 48.5 Å². The minimum atomic E-state index is 0.735. The molecule has 28 heavy (non-hydrogen) atoms. The maximum absolute atomic E-state index is 5.45. The number of para-hydroxylation sites is 1. The maximum atomic E-state index is 5.45. The van der Waals surface area contributed by atoms with Crippen molar-refractivity contribution in [3.63, 3.8) is 0 Å². The highest BCUT2D eigenvalue weighted by Gasteiger charge is 2.15. The van der Waals surface area contributed by atoms with Crippen molar-refractivity contribution in [2.24, 2.45) is 0 Å². The van der Waals surface area contributed by atoms with Gasteiger partial charge in [0.25, 0.3) is 0 Å². The van der Waals surface area contributed by atoms with E-state index in [1.54, 1.807) is 0 Å². The summed E-state index contributed by atoms with van der Waals surface area (Å²) in [6.07, 6.45) is 1.83. The van der Waals surface area contributed by atoms with Crippen molar-refractivity contribution < 1.29 is 4.74 Å². The van der Waals surface area contributed by atoms with Crippen molar-refractivity contribution >= 4 is 23.0 Å². The molecule has 6 nitrogen and oxygen atoms in total. The second kappa shape index (κ2) is 7.32. The minimum absolute atomic E-state index is 0.735. The van der Waals surface area contributed by atoms with Gasteiger partial charge in [0.2, 0.25) is 0 Å². The second-order valence-corrected chi connectivity index (χ2v) is 6.74. The van der Waals surface area contributed by atoms with Gasteiger partial charge in [0, 0.05) is 24.3 Å². The number of nitrogens with one attached hydrogen (secondary N) is 1. The largest absolute Gasteiger partial charge is 0.378 e. The van der Waals surface area contributed by atoms with E-state index < -0.39 is 0 Å². The molecule has 0 amide bonds. The van der Waals surface area contributed by atoms with Crippen molar-refractivity contribution in [3.8, 4) is 11.1 Å². The van der Waals surface area contributed by atoms with E-state index in [4.69, 9.17) is 9.84 Å². The average molecular weight is 371 g/mol. The standard InChI is InChI=1S/C22H21N5O/c1-2-6-17(7-3-1)18-8-4-5-9-19(18)24-22-16-23-20-10-11-21(25-27(20)22)26-12-14-28-15-13-26/h1-11,16,24H,12-15H2. The van der Waals surface area contributed by atoms with Gasteiger partial charge in [-0.15, -0.1) is 5.10 Å². The minimum Gasteiger partial charge on any atom is -0.378 e. The van der Waals surface area contributed by atoms with Crippen molar-refractivity contribution in [1.29, 1.82) is 0 Å². The van der Waals surface area contributed by atoms with Gasteiger partial charge in [0.15, 0.2) is 11.5 Å². The Kier molecular flexibility index (Phi) is 4.39. The zero-order valence-electron chi connectivity index (χ0n) is 15.5. The van der Waals surface area contributed by atoms with Crippen LogP contribution in [0.3, 0.4) is 0 Å². The van der Waals surface area contributed by atoms with E-state index in [-0.39, 0.29) is 0 Å². The molecule has 1 fully saturated rings. The fraction of sp³-hybridized carbons (Fsp3) is 0.182. The molecular formula is C22H21N5O. The van der Waals surface area contributed by atoms with E-state index in [0.29, 0.717) is 0 Å². The predicted octanol–water partition coefficient (Wildman–Crippen LogP) is 3.98. The summed E-state index contributed by atoms with van der Waals surface area (Å²) in [4.78, 5) is 6.74. The summed E-state index contributed by atoms with van der Waals surface area (Å²) in [6.45, 7) is 3.18. The molecule has 0 unspecified atom stereocenters. The Morgan fingerprint density at radius 1 is 0.857 bits per heavy atom. The van der Waals surface area contributed by atoms with Gasteiger partial charge < -0.3 is 15.0 Å². The summed E-state index contributed by atoms with van der Waals surface area (Å²) in [5.74, 6) is 1.78. The number of fused-ring (bicyclic) bond motifs is 1. The number of imidazole rings is 1. The van der Waals surface area contributed by atoms with Crippen LogP contribution in [-0.2, 0) is 4.74 Å². The number of nitrogens with zero attached hydrogens (tertiary/aromatic N) is 4. The molecule has 0 radical (unpaired) electrons. The smallest absolute Gasteiger partial charge is 0.156 e. The molecule has 0 atom stereocenters. The Hall–Kier alpha value is -3.38. The quantitative estimate of drug-likeness (QED) is 0.588. The topological polar surface area (TPSA) is 54.7 Å². The van der Waals surface area contributed by atoms with Gasteiger partial charge in [-0.05, 0) is 23.8 Å². The normalized spacial score (nSPS) is 14.4. The summed E-state index contributed by atoms with van der Waals surface area (Å²) in [6, 6.07) is 22.7.